The minimum atomic E-state index is -4.21. The Hall–Kier alpha value is -0.950. The topological polar surface area (TPSA) is 30.5 Å². The van der Waals surface area contributed by atoms with Gasteiger partial charge in [-0.3, -0.25) is 0 Å². The molecule has 2 rings (SSSR count). The second kappa shape index (κ2) is 4.73. The smallest absolute Gasteiger partial charge is 0.401 e. The Morgan fingerprint density at radius 1 is 1.24 bits per heavy atom. The predicted molar refractivity (Wildman–Crippen MR) is 58.0 cm³/mol. The molecule has 1 aromatic rings. The number of hydrogen-bond donors (Lipinski definition) is 1. The Bertz CT molecular complexity index is 423. The van der Waals surface area contributed by atoms with Crippen molar-refractivity contribution in [2.45, 2.75) is 12.7 Å². The molecule has 0 aliphatic carbocycles. The van der Waals surface area contributed by atoms with Crippen LogP contribution in [0.5, 0.6) is 11.5 Å². The monoisotopic (exact) mass is 311 g/mol. The second-order valence-corrected chi connectivity index (χ2v) is 4.37. The minimum Gasteiger partial charge on any atom is -0.454 e. The molecular formula is C10H9BrF3NO2. The average molecular weight is 312 g/mol. The molecule has 0 bridgehead atoms. The van der Waals surface area contributed by atoms with Crippen molar-refractivity contribution in [1.82, 2.24) is 5.32 Å². The molecule has 1 aromatic carbocycles. The first-order valence-corrected chi connectivity index (χ1v) is 5.60. The predicted octanol–water partition coefficient (Wildman–Crippen LogP) is 2.83. The number of benzene rings is 1. The molecule has 0 aromatic heterocycles. The summed E-state index contributed by atoms with van der Waals surface area (Å²) < 4.78 is 46.9. The van der Waals surface area contributed by atoms with E-state index in [2.05, 4.69) is 21.2 Å². The molecule has 0 fully saturated rings. The first kappa shape index (κ1) is 12.5. The van der Waals surface area contributed by atoms with E-state index >= 15 is 0 Å². The van der Waals surface area contributed by atoms with Crippen LogP contribution in [-0.4, -0.2) is 19.5 Å². The van der Waals surface area contributed by atoms with Crippen molar-refractivity contribution in [1.29, 1.82) is 0 Å². The third-order valence-corrected chi connectivity index (χ3v) is 2.92. The van der Waals surface area contributed by atoms with Crippen LogP contribution in [0.25, 0.3) is 0 Å². The zero-order chi connectivity index (χ0) is 12.5. The fourth-order valence-electron chi connectivity index (χ4n) is 1.43. The number of fused-ring (bicyclic) bond motifs is 1. The fraction of sp³-hybridized carbons (Fsp3) is 0.400. The summed E-state index contributed by atoms with van der Waals surface area (Å²) in [6.45, 7) is -0.772. The Labute approximate surface area is 104 Å². The van der Waals surface area contributed by atoms with Gasteiger partial charge >= 0.3 is 6.18 Å². The quantitative estimate of drug-likeness (QED) is 0.931. The number of ether oxygens (including phenoxy) is 2. The van der Waals surface area contributed by atoms with Crippen LogP contribution < -0.4 is 14.8 Å². The first-order valence-electron chi connectivity index (χ1n) is 4.81. The lowest BCUT2D eigenvalue weighted by atomic mass is 10.2. The summed E-state index contributed by atoms with van der Waals surface area (Å²) in [6, 6.07) is 3.35. The molecule has 3 nitrogen and oxygen atoms in total. The largest absolute Gasteiger partial charge is 0.454 e. The number of nitrogens with one attached hydrogen (secondary N) is 1. The maximum Gasteiger partial charge on any atom is 0.401 e. The van der Waals surface area contributed by atoms with Gasteiger partial charge in [0.1, 0.15) is 0 Å². The Balaban J connectivity index is 2.02. The maximum atomic E-state index is 12.0. The standard InChI is InChI=1S/C10H9BrF3NO2/c11-7-2-9-8(16-5-17-9)1-6(7)3-15-4-10(12,13)14/h1-2,15H,3-5H2. The molecule has 0 spiro atoms. The van der Waals surface area contributed by atoms with Crippen LogP contribution in [-0.2, 0) is 6.54 Å². The SMILES string of the molecule is FC(F)(F)CNCc1cc2c(cc1Br)OCO2. The molecule has 0 radical (unpaired) electrons. The summed E-state index contributed by atoms with van der Waals surface area (Å²) in [5.41, 5.74) is 0.693. The molecule has 0 unspecified atom stereocenters. The van der Waals surface area contributed by atoms with Gasteiger partial charge in [0.05, 0.1) is 6.54 Å². The van der Waals surface area contributed by atoms with Gasteiger partial charge in [-0.15, -0.1) is 0 Å². The van der Waals surface area contributed by atoms with Gasteiger partial charge < -0.3 is 14.8 Å². The third kappa shape index (κ3) is 3.26. The van der Waals surface area contributed by atoms with Crippen LogP contribution in [0.4, 0.5) is 13.2 Å². The average Bonchev–Trinajstić information content (AvgIpc) is 2.63. The van der Waals surface area contributed by atoms with Gasteiger partial charge in [-0.05, 0) is 17.7 Å². The Morgan fingerprint density at radius 3 is 2.53 bits per heavy atom. The van der Waals surface area contributed by atoms with Gasteiger partial charge in [-0.25, -0.2) is 0 Å². The van der Waals surface area contributed by atoms with E-state index in [0.717, 1.165) is 0 Å². The van der Waals surface area contributed by atoms with E-state index in [1.54, 1.807) is 12.1 Å². The molecule has 17 heavy (non-hydrogen) atoms. The van der Waals surface area contributed by atoms with E-state index < -0.39 is 12.7 Å². The van der Waals surface area contributed by atoms with Gasteiger partial charge in [0, 0.05) is 11.0 Å². The summed E-state index contributed by atoms with van der Waals surface area (Å²) in [7, 11) is 0. The number of hydrogen-bond acceptors (Lipinski definition) is 3. The van der Waals surface area contributed by atoms with E-state index in [4.69, 9.17) is 9.47 Å². The third-order valence-electron chi connectivity index (χ3n) is 2.18. The lowest BCUT2D eigenvalue weighted by molar-refractivity contribution is -0.125. The van der Waals surface area contributed by atoms with Gasteiger partial charge in [-0.2, -0.15) is 13.2 Å². The molecule has 1 N–H and O–H groups in total. The van der Waals surface area contributed by atoms with E-state index in [9.17, 15) is 13.2 Å². The van der Waals surface area contributed by atoms with Crippen molar-refractivity contribution in [2.24, 2.45) is 0 Å². The molecule has 1 aliphatic rings. The van der Waals surface area contributed by atoms with Crippen molar-refractivity contribution >= 4 is 15.9 Å². The zero-order valence-corrected chi connectivity index (χ0v) is 10.2. The van der Waals surface area contributed by atoms with Crippen LogP contribution >= 0.6 is 15.9 Å². The van der Waals surface area contributed by atoms with Crippen LogP contribution in [0, 0.1) is 0 Å². The van der Waals surface area contributed by atoms with Crippen molar-refractivity contribution in [2.75, 3.05) is 13.3 Å². The fourth-order valence-corrected chi connectivity index (χ4v) is 1.90. The van der Waals surface area contributed by atoms with Crippen molar-refractivity contribution in [3.05, 3.63) is 22.2 Å². The van der Waals surface area contributed by atoms with E-state index in [1.165, 1.54) is 0 Å². The highest BCUT2D eigenvalue weighted by Crippen LogP contribution is 2.36. The summed E-state index contributed by atoms with van der Waals surface area (Å²) in [6.07, 6.45) is -4.21. The van der Waals surface area contributed by atoms with Crippen molar-refractivity contribution < 1.29 is 22.6 Å². The summed E-state index contributed by atoms with van der Waals surface area (Å²) in [4.78, 5) is 0. The highest BCUT2D eigenvalue weighted by molar-refractivity contribution is 9.10. The molecule has 7 heteroatoms. The first-order chi connectivity index (χ1) is 7.96. The summed E-state index contributed by atoms with van der Waals surface area (Å²) in [5, 5.41) is 2.32. The molecule has 0 amide bonds. The lowest BCUT2D eigenvalue weighted by Gasteiger charge is -2.10. The maximum absolute atomic E-state index is 12.0. The van der Waals surface area contributed by atoms with Gasteiger partial charge in [-0.1, -0.05) is 15.9 Å². The van der Waals surface area contributed by atoms with Crippen molar-refractivity contribution in [3.63, 3.8) is 0 Å². The van der Waals surface area contributed by atoms with E-state index in [0.29, 0.717) is 21.5 Å². The second-order valence-electron chi connectivity index (χ2n) is 3.52. The van der Waals surface area contributed by atoms with E-state index in [-0.39, 0.29) is 13.3 Å². The molecule has 0 atom stereocenters. The number of alkyl halides is 3. The van der Waals surface area contributed by atoms with Gasteiger partial charge in [0.2, 0.25) is 6.79 Å². The van der Waals surface area contributed by atoms with Crippen LogP contribution in [0.1, 0.15) is 5.56 Å². The molecule has 1 aliphatic heterocycles. The summed E-state index contributed by atoms with van der Waals surface area (Å²) >= 11 is 3.27. The van der Waals surface area contributed by atoms with Crippen LogP contribution in [0.3, 0.4) is 0 Å². The van der Waals surface area contributed by atoms with Crippen LogP contribution in [0.15, 0.2) is 16.6 Å². The number of rotatable bonds is 3. The van der Waals surface area contributed by atoms with Crippen molar-refractivity contribution in [3.8, 4) is 11.5 Å². The van der Waals surface area contributed by atoms with Gasteiger partial charge in [0.25, 0.3) is 0 Å². The molecule has 0 saturated carbocycles. The van der Waals surface area contributed by atoms with E-state index in [1.807, 2.05) is 0 Å². The highest BCUT2D eigenvalue weighted by atomic mass is 79.9. The summed E-state index contributed by atoms with van der Waals surface area (Å²) in [5.74, 6) is 1.15. The molecule has 0 saturated heterocycles. The molecule has 1 heterocycles. The van der Waals surface area contributed by atoms with Crippen LogP contribution in [0.2, 0.25) is 0 Å². The Kier molecular flexibility index (Phi) is 3.48. The van der Waals surface area contributed by atoms with Gasteiger partial charge in [0.15, 0.2) is 11.5 Å². The number of halogens is 4. The highest BCUT2D eigenvalue weighted by Gasteiger charge is 2.26. The molecule has 94 valence electrons. The normalized spacial score (nSPS) is 14.1. The minimum absolute atomic E-state index is 0.108. The zero-order valence-electron chi connectivity index (χ0n) is 8.60. The Morgan fingerprint density at radius 2 is 1.88 bits per heavy atom. The molecular weight excluding hydrogens is 303 g/mol. The lowest BCUT2D eigenvalue weighted by Crippen LogP contribution is -2.28.